The van der Waals surface area contributed by atoms with Gasteiger partial charge in [-0.15, -0.1) is 0 Å². The summed E-state index contributed by atoms with van der Waals surface area (Å²) >= 11 is 0. The number of hydrogen-bond acceptors (Lipinski definition) is 5. The first-order chi connectivity index (χ1) is 10.3. The molecule has 3 atom stereocenters. The third kappa shape index (κ3) is 3.56. The summed E-state index contributed by atoms with van der Waals surface area (Å²) in [6, 6.07) is 0.344. The number of carbonyl (C=O) groups excluding carboxylic acids is 1. The topological polar surface area (TPSA) is 68.0 Å². The van der Waals surface area contributed by atoms with E-state index in [2.05, 4.69) is 9.80 Å². The fourth-order valence-corrected chi connectivity index (χ4v) is 3.64. The molecule has 2 N–H and O–H groups in total. The van der Waals surface area contributed by atoms with Crippen LogP contribution in [0.5, 0.6) is 0 Å². The van der Waals surface area contributed by atoms with E-state index < -0.39 is 0 Å². The van der Waals surface area contributed by atoms with Gasteiger partial charge in [0.2, 0.25) is 0 Å². The van der Waals surface area contributed by atoms with Crippen LogP contribution in [0.1, 0.15) is 25.7 Å². The molecule has 3 fully saturated rings. The van der Waals surface area contributed by atoms with Gasteiger partial charge < -0.3 is 20.1 Å². The van der Waals surface area contributed by atoms with Gasteiger partial charge >= 0.3 is 0 Å². The van der Waals surface area contributed by atoms with Crippen LogP contribution in [-0.4, -0.2) is 79.9 Å². The van der Waals surface area contributed by atoms with Gasteiger partial charge in [0.15, 0.2) is 0 Å². The Hall–Kier alpha value is -0.690. The summed E-state index contributed by atoms with van der Waals surface area (Å²) in [6.45, 7) is 5.95. The molecule has 3 saturated heterocycles. The molecule has 1 amide bonds. The maximum atomic E-state index is 12.7. The molecule has 0 saturated carbocycles. The molecule has 21 heavy (non-hydrogen) atoms. The van der Waals surface area contributed by atoms with E-state index in [0.717, 1.165) is 65.1 Å². The fraction of sp³-hybridized carbons (Fsp3) is 0.933. The van der Waals surface area contributed by atoms with E-state index in [1.54, 1.807) is 0 Å². The van der Waals surface area contributed by atoms with E-state index in [1.807, 2.05) is 0 Å². The van der Waals surface area contributed by atoms with Gasteiger partial charge in [0.1, 0.15) is 6.10 Å². The zero-order chi connectivity index (χ0) is 14.7. The summed E-state index contributed by atoms with van der Waals surface area (Å²) in [4.78, 5) is 17.1. The van der Waals surface area contributed by atoms with Crippen molar-refractivity contribution < 1.29 is 14.3 Å². The SMILES string of the molecule is NC[C@H]1CC[C@@H](C(=O)N2CCCC2CN2CCOCC2)O1. The number of nitrogens with zero attached hydrogens (tertiary/aromatic N) is 2. The number of nitrogens with two attached hydrogens (primary N) is 1. The smallest absolute Gasteiger partial charge is 0.252 e. The minimum Gasteiger partial charge on any atom is -0.379 e. The molecule has 0 aromatic rings. The number of carbonyl (C=O) groups is 1. The summed E-state index contributed by atoms with van der Waals surface area (Å²) in [6.07, 6.45) is 3.75. The minimum absolute atomic E-state index is 0.0687. The number of likely N-dealkylation sites (tertiary alicyclic amines) is 1. The van der Waals surface area contributed by atoms with Gasteiger partial charge in [-0.2, -0.15) is 0 Å². The molecule has 0 aromatic carbocycles. The molecule has 120 valence electrons. The van der Waals surface area contributed by atoms with Gasteiger partial charge in [0, 0.05) is 38.8 Å². The maximum Gasteiger partial charge on any atom is 0.252 e. The summed E-state index contributed by atoms with van der Waals surface area (Å²) in [5.41, 5.74) is 5.63. The quantitative estimate of drug-likeness (QED) is 0.779. The molecule has 0 aromatic heterocycles. The standard InChI is InChI=1S/C15H27N3O3/c16-10-13-3-4-14(21-13)15(19)18-5-1-2-12(18)11-17-6-8-20-9-7-17/h12-14H,1-11,16H2/t12?,13-,14+/m1/s1. The van der Waals surface area contributed by atoms with Crippen LogP contribution in [0.3, 0.4) is 0 Å². The van der Waals surface area contributed by atoms with E-state index >= 15 is 0 Å². The predicted molar refractivity (Wildman–Crippen MR) is 78.9 cm³/mol. The summed E-state index contributed by atoms with van der Waals surface area (Å²) in [5, 5.41) is 0. The first-order valence-corrected chi connectivity index (χ1v) is 8.24. The number of hydrogen-bond donors (Lipinski definition) is 1. The molecular weight excluding hydrogens is 270 g/mol. The molecule has 3 aliphatic heterocycles. The average molecular weight is 297 g/mol. The van der Waals surface area contributed by atoms with E-state index in [1.165, 1.54) is 0 Å². The van der Waals surface area contributed by atoms with Crippen LogP contribution < -0.4 is 5.73 Å². The van der Waals surface area contributed by atoms with Gasteiger partial charge in [0.05, 0.1) is 19.3 Å². The van der Waals surface area contributed by atoms with Crippen LogP contribution in [-0.2, 0) is 14.3 Å². The Morgan fingerprint density at radius 2 is 1.95 bits per heavy atom. The maximum absolute atomic E-state index is 12.7. The lowest BCUT2D eigenvalue weighted by Crippen LogP contribution is -2.49. The van der Waals surface area contributed by atoms with Crippen molar-refractivity contribution in [1.29, 1.82) is 0 Å². The number of morpholine rings is 1. The molecule has 3 aliphatic rings. The first-order valence-electron chi connectivity index (χ1n) is 8.24. The van der Waals surface area contributed by atoms with Crippen molar-refractivity contribution in [2.75, 3.05) is 45.9 Å². The van der Waals surface area contributed by atoms with Gasteiger partial charge in [-0.3, -0.25) is 9.69 Å². The van der Waals surface area contributed by atoms with E-state index in [9.17, 15) is 4.79 Å². The Morgan fingerprint density at radius 1 is 1.14 bits per heavy atom. The highest BCUT2D eigenvalue weighted by atomic mass is 16.5. The fourth-order valence-electron chi connectivity index (χ4n) is 3.64. The highest BCUT2D eigenvalue weighted by molar-refractivity contribution is 5.81. The second-order valence-electron chi connectivity index (χ2n) is 6.30. The monoisotopic (exact) mass is 297 g/mol. The first kappa shape index (κ1) is 15.2. The number of amides is 1. The largest absolute Gasteiger partial charge is 0.379 e. The zero-order valence-corrected chi connectivity index (χ0v) is 12.7. The molecule has 6 heteroatoms. The Labute approximate surface area is 126 Å². The number of ether oxygens (including phenoxy) is 2. The number of rotatable bonds is 4. The van der Waals surface area contributed by atoms with Crippen molar-refractivity contribution in [2.45, 2.75) is 43.9 Å². The predicted octanol–water partition coefficient (Wildman–Crippen LogP) is -0.184. The Kier molecular flexibility index (Phi) is 5.11. The molecule has 6 nitrogen and oxygen atoms in total. The normalized spacial score (nSPS) is 34.5. The molecular formula is C15H27N3O3. The molecule has 0 radical (unpaired) electrons. The molecule has 3 rings (SSSR count). The van der Waals surface area contributed by atoms with E-state index in [4.69, 9.17) is 15.2 Å². The lowest BCUT2D eigenvalue weighted by molar-refractivity contribution is -0.144. The van der Waals surface area contributed by atoms with Gasteiger partial charge in [-0.05, 0) is 25.7 Å². The summed E-state index contributed by atoms with van der Waals surface area (Å²) in [7, 11) is 0. The van der Waals surface area contributed by atoms with Crippen molar-refractivity contribution in [1.82, 2.24) is 9.80 Å². The van der Waals surface area contributed by atoms with Crippen molar-refractivity contribution in [2.24, 2.45) is 5.73 Å². The zero-order valence-electron chi connectivity index (χ0n) is 12.7. The molecule has 0 aliphatic carbocycles. The van der Waals surface area contributed by atoms with Crippen LogP contribution in [0.25, 0.3) is 0 Å². The second-order valence-corrected chi connectivity index (χ2v) is 6.30. The minimum atomic E-state index is -0.260. The summed E-state index contributed by atoms with van der Waals surface area (Å²) in [5.74, 6) is 0.182. The molecule has 3 heterocycles. The Balaban J connectivity index is 1.54. The third-order valence-electron chi connectivity index (χ3n) is 4.88. The lowest BCUT2D eigenvalue weighted by atomic mass is 10.1. The van der Waals surface area contributed by atoms with Crippen LogP contribution in [0, 0.1) is 0 Å². The molecule has 0 spiro atoms. The van der Waals surface area contributed by atoms with E-state index in [0.29, 0.717) is 12.6 Å². The van der Waals surface area contributed by atoms with Crippen molar-refractivity contribution in [3.63, 3.8) is 0 Å². The Bertz CT molecular complexity index is 360. The molecule has 1 unspecified atom stereocenters. The van der Waals surface area contributed by atoms with Crippen LogP contribution in [0.4, 0.5) is 0 Å². The second kappa shape index (κ2) is 7.05. The van der Waals surface area contributed by atoms with Crippen LogP contribution >= 0.6 is 0 Å². The highest BCUT2D eigenvalue weighted by Gasteiger charge is 2.38. The van der Waals surface area contributed by atoms with Crippen molar-refractivity contribution in [3.05, 3.63) is 0 Å². The van der Waals surface area contributed by atoms with Gasteiger partial charge in [-0.1, -0.05) is 0 Å². The Morgan fingerprint density at radius 3 is 2.67 bits per heavy atom. The average Bonchev–Trinajstić information content (AvgIpc) is 3.16. The van der Waals surface area contributed by atoms with Crippen molar-refractivity contribution in [3.8, 4) is 0 Å². The molecule has 0 bridgehead atoms. The van der Waals surface area contributed by atoms with Crippen LogP contribution in [0.15, 0.2) is 0 Å². The van der Waals surface area contributed by atoms with Crippen LogP contribution in [0.2, 0.25) is 0 Å². The van der Waals surface area contributed by atoms with Gasteiger partial charge in [-0.25, -0.2) is 0 Å². The van der Waals surface area contributed by atoms with E-state index in [-0.39, 0.29) is 18.1 Å². The highest BCUT2D eigenvalue weighted by Crippen LogP contribution is 2.25. The third-order valence-corrected chi connectivity index (χ3v) is 4.88. The van der Waals surface area contributed by atoms with Gasteiger partial charge in [0.25, 0.3) is 5.91 Å². The lowest BCUT2D eigenvalue weighted by Gasteiger charge is -2.33. The van der Waals surface area contributed by atoms with Crippen molar-refractivity contribution >= 4 is 5.91 Å². The summed E-state index contributed by atoms with van der Waals surface area (Å²) < 4.78 is 11.2.